The monoisotopic (exact) mass is 291 g/mol. The number of Topliss-reactive ketones (excluding diaryl/α,β-unsaturated/α-hetero) is 1. The van der Waals surface area contributed by atoms with E-state index in [0.29, 0.717) is 18.2 Å². The standard InChI is InChI=1S/C18H26FNO/c1-3-14-8-10-16(11-9-14)20(2)13-17(21)12-15-6-4-5-7-18(15)19/h4-7,14,16H,3,8-13H2,1-2H3. The second-order valence-corrected chi connectivity index (χ2v) is 6.30. The van der Waals surface area contributed by atoms with Crippen LogP contribution in [0.5, 0.6) is 0 Å². The van der Waals surface area contributed by atoms with E-state index in [9.17, 15) is 9.18 Å². The van der Waals surface area contributed by atoms with E-state index in [1.807, 2.05) is 7.05 Å². The van der Waals surface area contributed by atoms with Crippen molar-refractivity contribution in [1.82, 2.24) is 4.90 Å². The van der Waals surface area contributed by atoms with Crippen LogP contribution >= 0.6 is 0 Å². The number of rotatable bonds is 6. The minimum Gasteiger partial charge on any atom is -0.298 e. The lowest BCUT2D eigenvalue weighted by atomic mass is 9.84. The second-order valence-electron chi connectivity index (χ2n) is 6.30. The van der Waals surface area contributed by atoms with Crippen LogP contribution in [0.1, 0.15) is 44.6 Å². The largest absolute Gasteiger partial charge is 0.298 e. The van der Waals surface area contributed by atoms with Crippen LogP contribution in [-0.4, -0.2) is 30.3 Å². The number of nitrogens with zero attached hydrogens (tertiary/aromatic N) is 1. The Balaban J connectivity index is 1.81. The molecular weight excluding hydrogens is 265 g/mol. The SMILES string of the molecule is CCC1CCC(N(C)CC(=O)Cc2ccccc2F)CC1. The Labute approximate surface area is 127 Å². The minimum atomic E-state index is -0.281. The fourth-order valence-corrected chi connectivity index (χ4v) is 3.31. The highest BCUT2D eigenvalue weighted by Crippen LogP contribution is 2.28. The van der Waals surface area contributed by atoms with Gasteiger partial charge in [-0.05, 0) is 50.3 Å². The van der Waals surface area contributed by atoms with Gasteiger partial charge in [-0.1, -0.05) is 31.5 Å². The number of benzene rings is 1. The highest BCUT2D eigenvalue weighted by molar-refractivity contribution is 5.82. The van der Waals surface area contributed by atoms with E-state index in [0.717, 1.165) is 5.92 Å². The summed E-state index contributed by atoms with van der Waals surface area (Å²) < 4.78 is 13.6. The summed E-state index contributed by atoms with van der Waals surface area (Å²) in [5, 5.41) is 0. The van der Waals surface area contributed by atoms with Gasteiger partial charge in [-0.2, -0.15) is 0 Å². The smallest absolute Gasteiger partial charge is 0.151 e. The molecule has 1 saturated carbocycles. The molecule has 1 aliphatic rings. The van der Waals surface area contributed by atoms with Gasteiger partial charge in [0.25, 0.3) is 0 Å². The van der Waals surface area contributed by atoms with Gasteiger partial charge in [-0.3, -0.25) is 9.69 Å². The van der Waals surface area contributed by atoms with Crippen LogP contribution in [0, 0.1) is 11.7 Å². The first-order chi connectivity index (χ1) is 10.1. The Morgan fingerprint density at radius 1 is 1.24 bits per heavy atom. The quantitative estimate of drug-likeness (QED) is 0.793. The molecule has 1 aliphatic carbocycles. The van der Waals surface area contributed by atoms with E-state index < -0.39 is 0 Å². The van der Waals surface area contributed by atoms with Crippen LogP contribution in [0.15, 0.2) is 24.3 Å². The molecule has 0 aromatic heterocycles. The molecule has 0 bridgehead atoms. The lowest BCUT2D eigenvalue weighted by Gasteiger charge is -2.34. The maximum Gasteiger partial charge on any atom is 0.151 e. The molecule has 3 heteroatoms. The van der Waals surface area contributed by atoms with Crippen LogP contribution < -0.4 is 0 Å². The lowest BCUT2D eigenvalue weighted by Crippen LogP contribution is -2.38. The van der Waals surface area contributed by atoms with Crippen LogP contribution in [-0.2, 0) is 11.2 Å². The normalized spacial score (nSPS) is 22.5. The molecule has 0 saturated heterocycles. The summed E-state index contributed by atoms with van der Waals surface area (Å²) in [5.41, 5.74) is 0.505. The van der Waals surface area contributed by atoms with Gasteiger partial charge >= 0.3 is 0 Å². The van der Waals surface area contributed by atoms with Gasteiger partial charge in [0.1, 0.15) is 5.82 Å². The van der Waals surface area contributed by atoms with E-state index >= 15 is 0 Å². The average molecular weight is 291 g/mol. The zero-order chi connectivity index (χ0) is 15.2. The van der Waals surface area contributed by atoms with Crippen molar-refractivity contribution >= 4 is 5.78 Å². The first kappa shape index (κ1) is 16.2. The fourth-order valence-electron chi connectivity index (χ4n) is 3.31. The Kier molecular flexibility index (Phi) is 5.92. The molecule has 0 amide bonds. The number of carbonyl (C=O) groups excluding carboxylic acids is 1. The molecule has 1 aromatic carbocycles. The van der Waals surface area contributed by atoms with Gasteiger partial charge in [0, 0.05) is 12.5 Å². The van der Waals surface area contributed by atoms with Crippen molar-refractivity contribution in [2.45, 2.75) is 51.5 Å². The zero-order valence-electron chi connectivity index (χ0n) is 13.1. The predicted molar refractivity (Wildman–Crippen MR) is 83.8 cm³/mol. The molecule has 1 aromatic rings. The number of hydrogen-bond acceptors (Lipinski definition) is 2. The summed E-state index contributed by atoms with van der Waals surface area (Å²) in [6, 6.07) is 7.05. The topological polar surface area (TPSA) is 20.3 Å². The van der Waals surface area contributed by atoms with Crippen molar-refractivity contribution in [3.8, 4) is 0 Å². The maximum absolute atomic E-state index is 13.6. The summed E-state index contributed by atoms with van der Waals surface area (Å²) in [6.45, 7) is 2.68. The highest BCUT2D eigenvalue weighted by atomic mass is 19.1. The molecule has 0 aliphatic heterocycles. The Hall–Kier alpha value is -1.22. The van der Waals surface area contributed by atoms with Gasteiger partial charge in [0.2, 0.25) is 0 Å². The van der Waals surface area contributed by atoms with E-state index in [-0.39, 0.29) is 18.0 Å². The number of carbonyl (C=O) groups is 1. The van der Waals surface area contributed by atoms with Crippen molar-refractivity contribution in [3.05, 3.63) is 35.6 Å². The van der Waals surface area contributed by atoms with Crippen molar-refractivity contribution in [2.75, 3.05) is 13.6 Å². The lowest BCUT2D eigenvalue weighted by molar-refractivity contribution is -0.120. The third-order valence-corrected chi connectivity index (χ3v) is 4.79. The summed E-state index contributed by atoms with van der Waals surface area (Å²) in [4.78, 5) is 14.3. The zero-order valence-corrected chi connectivity index (χ0v) is 13.1. The average Bonchev–Trinajstić information content (AvgIpc) is 2.49. The van der Waals surface area contributed by atoms with Crippen molar-refractivity contribution < 1.29 is 9.18 Å². The summed E-state index contributed by atoms with van der Waals surface area (Å²) >= 11 is 0. The third kappa shape index (κ3) is 4.63. The van der Waals surface area contributed by atoms with Crippen molar-refractivity contribution in [3.63, 3.8) is 0 Å². The van der Waals surface area contributed by atoms with Gasteiger partial charge in [-0.25, -0.2) is 4.39 Å². The summed E-state index contributed by atoms with van der Waals surface area (Å²) in [6.07, 6.45) is 6.37. The molecule has 0 spiro atoms. The van der Waals surface area contributed by atoms with Crippen molar-refractivity contribution in [1.29, 1.82) is 0 Å². The van der Waals surface area contributed by atoms with Gasteiger partial charge in [-0.15, -0.1) is 0 Å². The van der Waals surface area contributed by atoms with Gasteiger partial charge < -0.3 is 0 Å². The molecule has 2 rings (SSSR count). The van der Waals surface area contributed by atoms with Gasteiger partial charge in [0.15, 0.2) is 5.78 Å². The molecule has 21 heavy (non-hydrogen) atoms. The molecule has 0 radical (unpaired) electrons. The summed E-state index contributed by atoms with van der Waals surface area (Å²) in [5.74, 6) is 0.681. The van der Waals surface area contributed by atoms with Gasteiger partial charge in [0.05, 0.1) is 6.54 Å². The van der Waals surface area contributed by atoms with Crippen LogP contribution in [0.3, 0.4) is 0 Å². The predicted octanol–water partition coefficient (Wildman–Crippen LogP) is 3.84. The molecule has 0 heterocycles. The maximum atomic E-state index is 13.6. The van der Waals surface area contributed by atoms with E-state index in [1.54, 1.807) is 18.2 Å². The Morgan fingerprint density at radius 3 is 2.52 bits per heavy atom. The fraction of sp³-hybridized carbons (Fsp3) is 0.611. The minimum absolute atomic E-state index is 0.0974. The van der Waals surface area contributed by atoms with Crippen LogP contribution in [0.4, 0.5) is 4.39 Å². The summed E-state index contributed by atoms with van der Waals surface area (Å²) in [7, 11) is 2.02. The highest BCUT2D eigenvalue weighted by Gasteiger charge is 2.24. The molecule has 0 N–H and O–H groups in total. The second kappa shape index (κ2) is 7.69. The molecule has 2 nitrogen and oxygen atoms in total. The Morgan fingerprint density at radius 2 is 1.90 bits per heavy atom. The van der Waals surface area contributed by atoms with E-state index in [1.165, 1.54) is 38.2 Å². The first-order valence-corrected chi connectivity index (χ1v) is 8.05. The number of ketones is 1. The third-order valence-electron chi connectivity index (χ3n) is 4.79. The first-order valence-electron chi connectivity index (χ1n) is 8.05. The van der Waals surface area contributed by atoms with Crippen LogP contribution in [0.2, 0.25) is 0 Å². The number of halogens is 1. The molecule has 0 unspecified atom stereocenters. The molecule has 0 atom stereocenters. The van der Waals surface area contributed by atoms with Crippen molar-refractivity contribution in [2.24, 2.45) is 5.92 Å². The molecular formula is C18H26FNO. The van der Waals surface area contributed by atoms with E-state index in [2.05, 4.69) is 11.8 Å². The van der Waals surface area contributed by atoms with Crippen LogP contribution in [0.25, 0.3) is 0 Å². The Bertz CT molecular complexity index is 466. The molecule has 116 valence electrons. The van der Waals surface area contributed by atoms with E-state index in [4.69, 9.17) is 0 Å². The molecule has 1 fully saturated rings. The number of hydrogen-bond donors (Lipinski definition) is 0. The number of likely N-dealkylation sites (N-methyl/N-ethyl adjacent to an activating group) is 1.